The third-order valence-electron chi connectivity index (χ3n) is 4.86. The Labute approximate surface area is 183 Å². The summed E-state index contributed by atoms with van der Waals surface area (Å²) in [5.74, 6) is 0.460. The fourth-order valence-electron chi connectivity index (χ4n) is 3.09. The van der Waals surface area contributed by atoms with Crippen molar-refractivity contribution < 1.29 is 31.8 Å². The number of carbonyl (C=O) groups is 1. The molecule has 0 aromatic heterocycles. The Kier molecular flexibility index (Phi) is 8.48. The van der Waals surface area contributed by atoms with E-state index in [0.717, 1.165) is 0 Å². The number of ether oxygens (including phenoxy) is 3. The summed E-state index contributed by atoms with van der Waals surface area (Å²) >= 11 is 0. The van der Waals surface area contributed by atoms with Gasteiger partial charge in [0.25, 0.3) is 0 Å². The zero-order valence-corrected chi connectivity index (χ0v) is 19.4. The molecule has 2 rings (SSSR count). The SMILES string of the molecule is CC1(CS(=O)(=O)c2ccc(OC/C(=C/F)CNC(=O)OC(C)(C)C)cc2)CCOCC1. The second-order valence-electron chi connectivity index (χ2n) is 9.07. The first-order chi connectivity index (χ1) is 14.4. The Bertz CT molecular complexity index is 868. The quantitative estimate of drug-likeness (QED) is 0.634. The molecule has 1 aliphatic rings. The Balaban J connectivity index is 1.89. The van der Waals surface area contributed by atoms with Crippen LogP contribution in [0.5, 0.6) is 5.75 Å². The molecule has 0 bridgehead atoms. The zero-order chi connectivity index (χ0) is 23.1. The number of benzene rings is 1. The smallest absolute Gasteiger partial charge is 0.407 e. The third kappa shape index (κ3) is 8.49. The Morgan fingerprint density at radius 2 is 1.84 bits per heavy atom. The lowest BCUT2D eigenvalue weighted by Crippen LogP contribution is -2.34. The van der Waals surface area contributed by atoms with Gasteiger partial charge in [0.15, 0.2) is 9.84 Å². The van der Waals surface area contributed by atoms with Crippen molar-refractivity contribution in [1.29, 1.82) is 0 Å². The molecule has 1 aromatic rings. The van der Waals surface area contributed by atoms with Crippen molar-refractivity contribution in [3.63, 3.8) is 0 Å². The monoisotopic (exact) mass is 457 g/mol. The molecule has 0 spiro atoms. The van der Waals surface area contributed by atoms with Crippen molar-refractivity contribution in [2.75, 3.05) is 32.1 Å². The first-order valence-corrected chi connectivity index (χ1v) is 11.9. The summed E-state index contributed by atoms with van der Waals surface area (Å²) in [6.07, 6.45) is 1.14. The standard InChI is InChI=1S/C22H32FNO6S/c1-21(2,3)30-20(25)24-14-17(13-23)15-29-18-5-7-19(8-6-18)31(26,27)16-22(4)9-11-28-12-10-22/h5-8,13H,9-12,14-16H2,1-4H3,(H,24,25)/b17-13+. The van der Waals surface area contributed by atoms with E-state index in [4.69, 9.17) is 14.2 Å². The molecule has 7 nitrogen and oxygen atoms in total. The molecule has 1 amide bonds. The van der Waals surface area contributed by atoms with E-state index in [2.05, 4.69) is 5.32 Å². The second-order valence-corrected chi connectivity index (χ2v) is 11.1. The maximum atomic E-state index is 13.1. The van der Waals surface area contributed by atoms with Gasteiger partial charge in [-0.3, -0.25) is 0 Å². The highest BCUT2D eigenvalue weighted by molar-refractivity contribution is 7.91. The van der Waals surface area contributed by atoms with Crippen molar-refractivity contribution in [1.82, 2.24) is 5.32 Å². The first kappa shape index (κ1) is 25.1. The average molecular weight is 458 g/mol. The van der Waals surface area contributed by atoms with E-state index in [1.165, 1.54) is 24.3 Å². The number of hydrogen-bond donors (Lipinski definition) is 1. The summed E-state index contributed by atoms with van der Waals surface area (Å²) in [6.45, 7) is 8.15. The molecular formula is C22H32FNO6S. The topological polar surface area (TPSA) is 90.9 Å². The number of nitrogens with one attached hydrogen (secondary N) is 1. The lowest BCUT2D eigenvalue weighted by atomic mass is 9.85. The Morgan fingerprint density at radius 3 is 2.39 bits per heavy atom. The van der Waals surface area contributed by atoms with Gasteiger partial charge in [0.2, 0.25) is 0 Å². The zero-order valence-electron chi connectivity index (χ0n) is 18.6. The van der Waals surface area contributed by atoms with Gasteiger partial charge in [-0.05, 0) is 63.3 Å². The molecular weight excluding hydrogens is 425 g/mol. The summed E-state index contributed by atoms with van der Waals surface area (Å²) in [5.41, 5.74) is -0.742. The number of hydrogen-bond acceptors (Lipinski definition) is 6. The highest BCUT2D eigenvalue weighted by Gasteiger charge is 2.33. The fraction of sp³-hybridized carbons (Fsp3) is 0.591. The lowest BCUT2D eigenvalue weighted by Gasteiger charge is -2.33. The van der Waals surface area contributed by atoms with Gasteiger partial charge in [0.1, 0.15) is 18.0 Å². The van der Waals surface area contributed by atoms with E-state index in [-0.39, 0.29) is 34.8 Å². The normalized spacial score (nSPS) is 17.1. The highest BCUT2D eigenvalue weighted by atomic mass is 32.2. The van der Waals surface area contributed by atoms with Gasteiger partial charge in [0.05, 0.1) is 17.0 Å². The molecule has 1 saturated heterocycles. The van der Waals surface area contributed by atoms with E-state index in [0.29, 0.717) is 38.1 Å². The predicted octanol–water partition coefficient (Wildman–Crippen LogP) is 4.03. The van der Waals surface area contributed by atoms with Gasteiger partial charge in [-0.25, -0.2) is 17.6 Å². The number of halogens is 1. The van der Waals surface area contributed by atoms with Crippen LogP contribution >= 0.6 is 0 Å². The van der Waals surface area contributed by atoms with Crippen molar-refractivity contribution in [3.05, 3.63) is 36.2 Å². The van der Waals surface area contributed by atoms with Crippen LogP contribution in [0.25, 0.3) is 0 Å². The summed E-state index contributed by atoms with van der Waals surface area (Å²) in [6, 6.07) is 6.06. The largest absolute Gasteiger partial charge is 0.489 e. The minimum absolute atomic E-state index is 0.0641. The van der Waals surface area contributed by atoms with Gasteiger partial charge in [0, 0.05) is 25.3 Å². The second kappa shape index (κ2) is 10.5. The van der Waals surface area contributed by atoms with Gasteiger partial charge in [-0.15, -0.1) is 0 Å². The van der Waals surface area contributed by atoms with E-state index in [1.54, 1.807) is 20.8 Å². The van der Waals surface area contributed by atoms with E-state index >= 15 is 0 Å². The van der Waals surface area contributed by atoms with Crippen LogP contribution in [-0.4, -0.2) is 52.2 Å². The summed E-state index contributed by atoms with van der Waals surface area (Å²) in [4.78, 5) is 11.9. The summed E-state index contributed by atoms with van der Waals surface area (Å²) < 4.78 is 54.6. The lowest BCUT2D eigenvalue weighted by molar-refractivity contribution is 0.0341. The van der Waals surface area contributed by atoms with Gasteiger partial charge < -0.3 is 19.5 Å². The molecule has 0 atom stereocenters. The average Bonchev–Trinajstić information content (AvgIpc) is 2.67. The molecule has 0 aliphatic carbocycles. The molecule has 1 aliphatic heterocycles. The molecule has 0 unspecified atom stereocenters. The number of amides is 1. The van der Waals surface area contributed by atoms with Crippen LogP contribution < -0.4 is 10.1 Å². The minimum Gasteiger partial charge on any atom is -0.489 e. The number of alkyl carbamates (subject to hydrolysis) is 1. The molecule has 1 heterocycles. The van der Waals surface area contributed by atoms with Crippen LogP contribution in [0.4, 0.5) is 9.18 Å². The summed E-state index contributed by atoms with van der Waals surface area (Å²) in [7, 11) is -3.45. The maximum Gasteiger partial charge on any atom is 0.407 e. The molecule has 0 radical (unpaired) electrons. The minimum atomic E-state index is -3.45. The highest BCUT2D eigenvalue weighted by Crippen LogP contribution is 2.33. The van der Waals surface area contributed by atoms with E-state index in [1.807, 2.05) is 6.92 Å². The van der Waals surface area contributed by atoms with Crippen LogP contribution in [-0.2, 0) is 19.3 Å². The van der Waals surface area contributed by atoms with Gasteiger partial charge in [-0.1, -0.05) is 6.92 Å². The number of sulfone groups is 1. The van der Waals surface area contributed by atoms with Gasteiger partial charge in [-0.2, -0.15) is 0 Å². The Morgan fingerprint density at radius 1 is 1.23 bits per heavy atom. The van der Waals surface area contributed by atoms with Crippen molar-refractivity contribution in [3.8, 4) is 5.75 Å². The van der Waals surface area contributed by atoms with Crippen molar-refractivity contribution >= 4 is 15.9 Å². The summed E-state index contributed by atoms with van der Waals surface area (Å²) in [5, 5.41) is 2.46. The molecule has 174 valence electrons. The van der Waals surface area contributed by atoms with Crippen LogP contribution in [0, 0.1) is 5.41 Å². The third-order valence-corrected chi connectivity index (χ3v) is 6.93. The molecule has 1 aromatic carbocycles. The van der Waals surface area contributed by atoms with Crippen LogP contribution in [0.1, 0.15) is 40.5 Å². The molecule has 1 N–H and O–H groups in total. The molecule has 31 heavy (non-hydrogen) atoms. The van der Waals surface area contributed by atoms with Crippen LogP contribution in [0.15, 0.2) is 41.1 Å². The molecule has 1 fully saturated rings. The number of rotatable bonds is 8. The van der Waals surface area contributed by atoms with Gasteiger partial charge >= 0.3 is 6.09 Å². The fourth-order valence-corrected chi connectivity index (χ4v) is 5.01. The Hall–Kier alpha value is -2.13. The van der Waals surface area contributed by atoms with Crippen LogP contribution in [0.2, 0.25) is 0 Å². The van der Waals surface area contributed by atoms with E-state index in [9.17, 15) is 17.6 Å². The molecule has 9 heteroatoms. The predicted molar refractivity (Wildman–Crippen MR) is 116 cm³/mol. The van der Waals surface area contributed by atoms with Crippen LogP contribution in [0.3, 0.4) is 0 Å². The number of carbonyl (C=O) groups excluding carboxylic acids is 1. The molecule has 0 saturated carbocycles. The maximum absolute atomic E-state index is 13.1. The van der Waals surface area contributed by atoms with E-state index < -0.39 is 21.5 Å². The first-order valence-electron chi connectivity index (χ1n) is 10.2. The van der Waals surface area contributed by atoms with Crippen molar-refractivity contribution in [2.45, 2.75) is 51.0 Å². The van der Waals surface area contributed by atoms with Crippen molar-refractivity contribution in [2.24, 2.45) is 5.41 Å².